The molecule has 1 fully saturated rings. The molecule has 1 aromatic heterocycles. The number of fused-ring (bicyclic) bond motifs is 1. The lowest BCUT2D eigenvalue weighted by Crippen LogP contribution is -2.40. The highest BCUT2D eigenvalue weighted by Crippen LogP contribution is 2.32. The quantitative estimate of drug-likeness (QED) is 0.491. The van der Waals surface area contributed by atoms with Gasteiger partial charge in [0.1, 0.15) is 11.6 Å². The molecule has 2 aromatic carbocycles. The van der Waals surface area contributed by atoms with Gasteiger partial charge in [-0.15, -0.1) is 0 Å². The number of H-pyrrole nitrogens is 1. The van der Waals surface area contributed by atoms with Gasteiger partial charge in [0.2, 0.25) is 17.8 Å². The second-order valence-electron chi connectivity index (χ2n) is 9.27. The van der Waals surface area contributed by atoms with Gasteiger partial charge in [-0.25, -0.2) is 0 Å². The number of hydrogen-bond acceptors (Lipinski definition) is 6. The zero-order valence-electron chi connectivity index (χ0n) is 20.1. The van der Waals surface area contributed by atoms with E-state index in [-0.39, 0.29) is 23.7 Å². The molecule has 3 N–H and O–H groups in total. The minimum atomic E-state index is -0.958. The Morgan fingerprint density at radius 1 is 1.08 bits per heavy atom. The molecule has 1 saturated heterocycles. The van der Waals surface area contributed by atoms with Gasteiger partial charge >= 0.3 is 0 Å². The Bertz CT molecular complexity index is 1320. The third kappa shape index (κ3) is 4.95. The first-order chi connectivity index (χ1) is 17.5. The van der Waals surface area contributed by atoms with E-state index in [1.165, 1.54) is 12.7 Å². The fourth-order valence-electron chi connectivity index (χ4n) is 5.00. The number of benzene rings is 2. The zero-order chi connectivity index (χ0) is 25.1. The molecule has 2 aliphatic heterocycles. The van der Waals surface area contributed by atoms with E-state index in [9.17, 15) is 14.4 Å². The van der Waals surface area contributed by atoms with E-state index in [1.807, 2.05) is 11.0 Å². The van der Waals surface area contributed by atoms with Crippen LogP contribution in [0.15, 0.2) is 59.4 Å². The number of piperidine rings is 1. The first-order valence-electron chi connectivity index (χ1n) is 12.2. The normalized spacial score (nSPS) is 17.8. The molecule has 1 atom stereocenters. The number of aromatic nitrogens is 2. The maximum atomic E-state index is 13.2. The molecule has 36 heavy (non-hydrogen) atoms. The zero-order valence-corrected chi connectivity index (χ0v) is 20.1. The van der Waals surface area contributed by atoms with Crippen molar-refractivity contribution in [2.75, 3.05) is 35.7 Å². The van der Waals surface area contributed by atoms with E-state index in [0.29, 0.717) is 23.3 Å². The predicted octanol–water partition coefficient (Wildman–Crippen LogP) is 3.30. The van der Waals surface area contributed by atoms with Gasteiger partial charge in [0.05, 0.1) is 24.3 Å². The molecule has 5 rings (SSSR count). The second-order valence-corrected chi connectivity index (χ2v) is 9.27. The number of nitrogens with zero attached hydrogens (tertiary/aromatic N) is 2. The van der Waals surface area contributed by atoms with E-state index in [1.54, 1.807) is 24.3 Å². The SMILES string of the molecule is COc1ccccc1NC(=O)[C@@H]1CC(=O)Nc2nc(N3CCC(Cc4ccccc4)CC3)[nH]c(=O)c21. The van der Waals surface area contributed by atoms with Crippen molar-refractivity contribution >= 4 is 29.3 Å². The van der Waals surface area contributed by atoms with Crippen molar-refractivity contribution in [2.24, 2.45) is 5.92 Å². The summed E-state index contributed by atoms with van der Waals surface area (Å²) in [6.07, 6.45) is 2.85. The molecule has 3 heterocycles. The molecular formula is C27H29N5O4. The number of hydrogen-bond donors (Lipinski definition) is 3. The summed E-state index contributed by atoms with van der Waals surface area (Å²) in [4.78, 5) is 48.2. The molecule has 0 spiro atoms. The third-order valence-corrected chi connectivity index (χ3v) is 6.90. The molecule has 186 valence electrons. The highest BCUT2D eigenvalue weighted by atomic mass is 16.5. The summed E-state index contributed by atoms with van der Waals surface area (Å²) in [6, 6.07) is 17.4. The van der Waals surface area contributed by atoms with Gasteiger partial charge in [-0.05, 0) is 42.9 Å². The number of rotatable bonds is 6. The predicted molar refractivity (Wildman–Crippen MR) is 138 cm³/mol. The highest BCUT2D eigenvalue weighted by molar-refractivity contribution is 6.05. The first kappa shape index (κ1) is 23.6. The molecule has 0 unspecified atom stereocenters. The van der Waals surface area contributed by atoms with Gasteiger partial charge in [0, 0.05) is 19.5 Å². The summed E-state index contributed by atoms with van der Waals surface area (Å²) in [5.74, 6) is -0.147. The summed E-state index contributed by atoms with van der Waals surface area (Å²) in [7, 11) is 1.51. The van der Waals surface area contributed by atoms with Crippen LogP contribution in [0.25, 0.3) is 0 Å². The van der Waals surface area contributed by atoms with Crippen LogP contribution in [-0.2, 0) is 16.0 Å². The van der Waals surface area contributed by atoms with Crippen molar-refractivity contribution in [3.8, 4) is 5.75 Å². The van der Waals surface area contributed by atoms with E-state index >= 15 is 0 Å². The minimum Gasteiger partial charge on any atom is -0.495 e. The van der Waals surface area contributed by atoms with Crippen molar-refractivity contribution in [3.05, 3.63) is 76.1 Å². The number of methoxy groups -OCH3 is 1. The van der Waals surface area contributed by atoms with E-state index < -0.39 is 17.4 Å². The molecule has 9 heteroatoms. The van der Waals surface area contributed by atoms with Crippen LogP contribution in [0.1, 0.15) is 36.3 Å². The van der Waals surface area contributed by atoms with Gasteiger partial charge in [0.15, 0.2) is 0 Å². The fraction of sp³-hybridized carbons (Fsp3) is 0.333. The number of carbonyl (C=O) groups is 2. The van der Waals surface area contributed by atoms with Crippen LogP contribution in [0.5, 0.6) is 5.75 Å². The average Bonchev–Trinajstić information content (AvgIpc) is 2.89. The number of aromatic amines is 1. The van der Waals surface area contributed by atoms with Crippen LogP contribution >= 0.6 is 0 Å². The average molecular weight is 488 g/mol. The highest BCUT2D eigenvalue weighted by Gasteiger charge is 2.35. The largest absolute Gasteiger partial charge is 0.495 e. The van der Waals surface area contributed by atoms with Crippen LogP contribution in [0.2, 0.25) is 0 Å². The van der Waals surface area contributed by atoms with Crippen molar-refractivity contribution < 1.29 is 14.3 Å². The lowest BCUT2D eigenvalue weighted by atomic mass is 9.90. The van der Waals surface area contributed by atoms with E-state index in [4.69, 9.17) is 4.74 Å². The van der Waals surface area contributed by atoms with Crippen molar-refractivity contribution in [1.29, 1.82) is 0 Å². The second kappa shape index (κ2) is 10.2. The van der Waals surface area contributed by atoms with Crippen LogP contribution in [0.4, 0.5) is 17.5 Å². The number of anilines is 3. The molecule has 0 radical (unpaired) electrons. The maximum absolute atomic E-state index is 13.2. The van der Waals surface area contributed by atoms with Gasteiger partial charge in [-0.2, -0.15) is 4.98 Å². The Balaban J connectivity index is 1.32. The number of carbonyl (C=O) groups excluding carboxylic acids is 2. The van der Waals surface area contributed by atoms with E-state index in [0.717, 1.165) is 32.4 Å². The Kier molecular flexibility index (Phi) is 6.71. The molecule has 0 aliphatic carbocycles. The van der Waals surface area contributed by atoms with Gasteiger partial charge in [-0.1, -0.05) is 42.5 Å². The number of nitrogens with one attached hydrogen (secondary N) is 3. The summed E-state index contributed by atoms with van der Waals surface area (Å²) in [5, 5.41) is 5.48. The summed E-state index contributed by atoms with van der Waals surface area (Å²) in [5.41, 5.74) is 1.56. The summed E-state index contributed by atoms with van der Waals surface area (Å²) < 4.78 is 5.29. The minimum absolute atomic E-state index is 0.136. The number of ether oxygens (including phenoxy) is 1. The molecule has 2 aliphatic rings. The lowest BCUT2D eigenvalue weighted by Gasteiger charge is -2.33. The standard InChI is InChI=1S/C27H29N5O4/c1-36-21-10-6-5-9-20(21)28-25(34)19-16-22(33)29-24-23(19)26(35)31-27(30-24)32-13-11-18(12-14-32)15-17-7-3-2-4-8-17/h2-10,18-19H,11-16H2,1H3,(H,28,34)(H2,29,30,31,33,35)/t19-/m1/s1. The Morgan fingerprint density at radius 3 is 2.56 bits per heavy atom. The maximum Gasteiger partial charge on any atom is 0.258 e. The van der Waals surface area contributed by atoms with Crippen LogP contribution in [0, 0.1) is 5.92 Å². The Labute approximate surface area is 208 Å². The Morgan fingerprint density at radius 2 is 1.81 bits per heavy atom. The first-order valence-corrected chi connectivity index (χ1v) is 12.2. The molecule has 0 saturated carbocycles. The fourth-order valence-corrected chi connectivity index (χ4v) is 5.00. The van der Waals surface area contributed by atoms with Crippen LogP contribution in [-0.4, -0.2) is 42.0 Å². The van der Waals surface area contributed by atoms with Gasteiger partial charge < -0.3 is 20.3 Å². The molecule has 9 nitrogen and oxygen atoms in total. The lowest BCUT2D eigenvalue weighted by molar-refractivity contribution is -0.123. The Hall–Kier alpha value is -4.14. The summed E-state index contributed by atoms with van der Waals surface area (Å²) in [6.45, 7) is 1.51. The van der Waals surface area contributed by atoms with Crippen LogP contribution in [0.3, 0.4) is 0 Å². The van der Waals surface area contributed by atoms with Crippen molar-refractivity contribution in [1.82, 2.24) is 9.97 Å². The number of para-hydroxylation sites is 2. The third-order valence-electron chi connectivity index (χ3n) is 6.90. The number of amides is 2. The topological polar surface area (TPSA) is 116 Å². The summed E-state index contributed by atoms with van der Waals surface area (Å²) >= 11 is 0. The molecule has 0 bridgehead atoms. The van der Waals surface area contributed by atoms with Crippen molar-refractivity contribution in [3.63, 3.8) is 0 Å². The van der Waals surface area contributed by atoms with Crippen LogP contribution < -0.4 is 25.8 Å². The van der Waals surface area contributed by atoms with E-state index in [2.05, 4.69) is 44.9 Å². The molecule has 3 aromatic rings. The molecular weight excluding hydrogens is 458 g/mol. The van der Waals surface area contributed by atoms with Gasteiger partial charge in [-0.3, -0.25) is 19.4 Å². The smallest absolute Gasteiger partial charge is 0.258 e. The van der Waals surface area contributed by atoms with Gasteiger partial charge in [0.25, 0.3) is 5.56 Å². The molecule has 2 amide bonds. The monoisotopic (exact) mass is 487 g/mol. The van der Waals surface area contributed by atoms with Crippen molar-refractivity contribution in [2.45, 2.75) is 31.6 Å².